The van der Waals surface area contributed by atoms with Crippen molar-refractivity contribution in [1.82, 2.24) is 9.55 Å². The van der Waals surface area contributed by atoms with Crippen molar-refractivity contribution in [1.29, 1.82) is 0 Å². The summed E-state index contributed by atoms with van der Waals surface area (Å²) in [6.07, 6.45) is 2.31. The number of benzene rings is 2. The number of hydrogen-bond acceptors (Lipinski definition) is 5. The van der Waals surface area contributed by atoms with Crippen LogP contribution in [0.3, 0.4) is 0 Å². The molecule has 0 atom stereocenters. The molecule has 142 valence electrons. The van der Waals surface area contributed by atoms with Crippen LogP contribution >= 0.6 is 0 Å². The van der Waals surface area contributed by atoms with Crippen LogP contribution in [0.25, 0.3) is 11.3 Å². The second-order valence-electron chi connectivity index (χ2n) is 6.41. The van der Waals surface area contributed by atoms with E-state index in [9.17, 15) is 9.59 Å². The number of nitrogens with zero attached hydrogens (tertiary/aromatic N) is 2. The summed E-state index contributed by atoms with van der Waals surface area (Å²) < 4.78 is 11.9. The van der Waals surface area contributed by atoms with Gasteiger partial charge < -0.3 is 14.8 Å². The maximum Gasteiger partial charge on any atom is 0.254 e. The fourth-order valence-corrected chi connectivity index (χ4v) is 2.94. The number of anilines is 1. The molecule has 1 aromatic heterocycles. The standard InChI is InChI=1S/C21H19N3O4/c1-2-14-3-6-16(7-4-14)23-20(25)11-24-12-22-17(10-21(24)26)15-5-8-18-19(9-15)28-13-27-18/h3-10,12H,2,11,13H2,1H3,(H,23,25). The van der Waals surface area contributed by atoms with Gasteiger partial charge >= 0.3 is 0 Å². The number of carbonyl (C=O) groups excluding carboxylic acids is 1. The normalized spacial score (nSPS) is 12.0. The van der Waals surface area contributed by atoms with Crippen molar-refractivity contribution in [2.75, 3.05) is 12.1 Å². The SMILES string of the molecule is CCc1ccc(NC(=O)Cn2cnc(-c3ccc4c(c3)OCO4)cc2=O)cc1. The van der Waals surface area contributed by atoms with E-state index in [-0.39, 0.29) is 24.8 Å². The van der Waals surface area contributed by atoms with Gasteiger partial charge in [-0.15, -0.1) is 0 Å². The molecule has 2 aromatic carbocycles. The topological polar surface area (TPSA) is 82.5 Å². The summed E-state index contributed by atoms with van der Waals surface area (Å²) in [5.74, 6) is 1.00. The van der Waals surface area contributed by atoms with E-state index in [0.717, 1.165) is 12.0 Å². The minimum absolute atomic E-state index is 0.108. The summed E-state index contributed by atoms with van der Waals surface area (Å²) in [5, 5.41) is 2.79. The molecule has 2 heterocycles. The zero-order chi connectivity index (χ0) is 19.5. The quantitative estimate of drug-likeness (QED) is 0.739. The third-order valence-corrected chi connectivity index (χ3v) is 4.51. The van der Waals surface area contributed by atoms with E-state index >= 15 is 0 Å². The predicted octanol–water partition coefficient (Wildman–Crippen LogP) is 2.84. The molecule has 1 amide bonds. The minimum Gasteiger partial charge on any atom is -0.454 e. The molecule has 4 rings (SSSR count). The van der Waals surface area contributed by atoms with Gasteiger partial charge in [-0.05, 0) is 42.3 Å². The van der Waals surface area contributed by atoms with E-state index in [1.807, 2.05) is 30.3 Å². The molecule has 1 aliphatic rings. The molecule has 0 saturated carbocycles. The highest BCUT2D eigenvalue weighted by Crippen LogP contribution is 2.35. The lowest BCUT2D eigenvalue weighted by molar-refractivity contribution is -0.116. The van der Waals surface area contributed by atoms with Crippen molar-refractivity contribution in [2.45, 2.75) is 19.9 Å². The molecule has 0 spiro atoms. The van der Waals surface area contributed by atoms with Gasteiger partial charge in [0.2, 0.25) is 12.7 Å². The lowest BCUT2D eigenvalue weighted by Crippen LogP contribution is -2.27. The predicted molar refractivity (Wildman–Crippen MR) is 105 cm³/mol. The lowest BCUT2D eigenvalue weighted by atomic mass is 10.1. The van der Waals surface area contributed by atoms with Gasteiger partial charge in [0.05, 0.1) is 12.0 Å². The van der Waals surface area contributed by atoms with Gasteiger partial charge in [0, 0.05) is 17.3 Å². The van der Waals surface area contributed by atoms with Gasteiger partial charge in [-0.1, -0.05) is 19.1 Å². The zero-order valence-electron chi connectivity index (χ0n) is 15.3. The summed E-state index contributed by atoms with van der Waals surface area (Å²) in [6.45, 7) is 2.15. The van der Waals surface area contributed by atoms with E-state index in [1.165, 1.54) is 22.5 Å². The molecule has 0 fully saturated rings. The Balaban J connectivity index is 1.47. The Bertz CT molecular complexity index is 1070. The number of hydrogen-bond donors (Lipinski definition) is 1. The highest BCUT2D eigenvalue weighted by atomic mass is 16.7. The fourth-order valence-electron chi connectivity index (χ4n) is 2.94. The van der Waals surface area contributed by atoms with E-state index in [4.69, 9.17) is 9.47 Å². The average Bonchev–Trinajstić information content (AvgIpc) is 3.18. The van der Waals surface area contributed by atoms with Crippen LogP contribution in [0.1, 0.15) is 12.5 Å². The molecule has 1 aliphatic heterocycles. The van der Waals surface area contributed by atoms with Crippen molar-refractivity contribution < 1.29 is 14.3 Å². The van der Waals surface area contributed by atoms with Crippen LogP contribution in [0.4, 0.5) is 5.69 Å². The summed E-state index contributed by atoms with van der Waals surface area (Å²) in [4.78, 5) is 29.0. The monoisotopic (exact) mass is 377 g/mol. The van der Waals surface area contributed by atoms with Crippen LogP contribution in [-0.4, -0.2) is 22.3 Å². The van der Waals surface area contributed by atoms with Gasteiger partial charge in [0.15, 0.2) is 11.5 Å². The first-order valence-electron chi connectivity index (χ1n) is 8.97. The largest absolute Gasteiger partial charge is 0.454 e. The molecule has 1 N–H and O–H groups in total. The van der Waals surface area contributed by atoms with Crippen molar-refractivity contribution in [2.24, 2.45) is 0 Å². The van der Waals surface area contributed by atoms with Crippen molar-refractivity contribution in [3.05, 3.63) is 70.8 Å². The van der Waals surface area contributed by atoms with Gasteiger partial charge in [0.25, 0.3) is 5.56 Å². The van der Waals surface area contributed by atoms with Gasteiger partial charge in [-0.25, -0.2) is 4.98 Å². The number of aromatic nitrogens is 2. The Morgan fingerprint density at radius 2 is 1.89 bits per heavy atom. The highest BCUT2D eigenvalue weighted by Gasteiger charge is 2.15. The molecule has 7 heteroatoms. The molecule has 28 heavy (non-hydrogen) atoms. The number of carbonyl (C=O) groups is 1. The van der Waals surface area contributed by atoms with Crippen LogP contribution in [-0.2, 0) is 17.8 Å². The first kappa shape index (κ1) is 17.8. The van der Waals surface area contributed by atoms with Crippen molar-refractivity contribution in [3.63, 3.8) is 0 Å². The third kappa shape index (κ3) is 3.73. The smallest absolute Gasteiger partial charge is 0.254 e. The number of rotatable bonds is 5. The lowest BCUT2D eigenvalue weighted by Gasteiger charge is -2.09. The summed E-state index contributed by atoms with van der Waals surface area (Å²) in [6, 6.07) is 14.4. The number of nitrogens with one attached hydrogen (secondary N) is 1. The van der Waals surface area contributed by atoms with E-state index in [1.54, 1.807) is 12.1 Å². The van der Waals surface area contributed by atoms with Crippen LogP contribution in [0, 0.1) is 0 Å². The molecule has 0 saturated heterocycles. The maximum atomic E-state index is 12.4. The van der Waals surface area contributed by atoms with Crippen LogP contribution < -0.4 is 20.3 Å². The first-order chi connectivity index (χ1) is 13.6. The molecular formula is C21H19N3O4. The van der Waals surface area contributed by atoms with Gasteiger partial charge in [-0.3, -0.25) is 14.2 Å². The maximum absolute atomic E-state index is 12.4. The third-order valence-electron chi connectivity index (χ3n) is 4.51. The van der Waals surface area contributed by atoms with E-state index in [2.05, 4.69) is 17.2 Å². The summed E-state index contributed by atoms with van der Waals surface area (Å²) in [7, 11) is 0. The zero-order valence-corrected chi connectivity index (χ0v) is 15.3. The van der Waals surface area contributed by atoms with Crippen LogP contribution in [0.15, 0.2) is 59.7 Å². The molecule has 3 aromatic rings. The van der Waals surface area contributed by atoms with Crippen molar-refractivity contribution in [3.8, 4) is 22.8 Å². The number of amides is 1. The Morgan fingerprint density at radius 1 is 1.11 bits per heavy atom. The van der Waals surface area contributed by atoms with Gasteiger partial charge in [-0.2, -0.15) is 0 Å². The molecule has 0 radical (unpaired) electrons. The molecule has 0 unspecified atom stereocenters. The Hall–Kier alpha value is -3.61. The fraction of sp³-hybridized carbons (Fsp3) is 0.190. The molecule has 0 aliphatic carbocycles. The van der Waals surface area contributed by atoms with E-state index in [0.29, 0.717) is 22.9 Å². The van der Waals surface area contributed by atoms with Crippen molar-refractivity contribution >= 4 is 11.6 Å². The van der Waals surface area contributed by atoms with E-state index < -0.39 is 0 Å². The van der Waals surface area contributed by atoms with Gasteiger partial charge in [0.1, 0.15) is 6.54 Å². The number of fused-ring (bicyclic) bond motifs is 1. The Morgan fingerprint density at radius 3 is 2.64 bits per heavy atom. The van der Waals surface area contributed by atoms with Crippen LogP contribution in [0.5, 0.6) is 11.5 Å². The Kier molecular flexibility index (Phi) is 4.80. The second-order valence-corrected chi connectivity index (χ2v) is 6.41. The minimum atomic E-state index is -0.306. The first-order valence-corrected chi connectivity index (χ1v) is 8.97. The number of ether oxygens (including phenoxy) is 2. The molecular weight excluding hydrogens is 358 g/mol. The highest BCUT2D eigenvalue weighted by molar-refractivity contribution is 5.90. The Labute approximate surface area is 161 Å². The number of aryl methyl sites for hydroxylation is 1. The average molecular weight is 377 g/mol. The molecule has 0 bridgehead atoms. The van der Waals surface area contributed by atoms with Crippen LogP contribution in [0.2, 0.25) is 0 Å². The summed E-state index contributed by atoms with van der Waals surface area (Å²) >= 11 is 0. The molecule has 7 nitrogen and oxygen atoms in total. The second kappa shape index (κ2) is 7.56. The summed E-state index contributed by atoms with van der Waals surface area (Å²) in [5.41, 5.74) is 2.83.